The van der Waals surface area contributed by atoms with Crippen molar-refractivity contribution >= 4 is 11.6 Å². The summed E-state index contributed by atoms with van der Waals surface area (Å²) in [6.45, 7) is 1.75. The van der Waals surface area contributed by atoms with E-state index >= 15 is 0 Å². The van der Waals surface area contributed by atoms with Gasteiger partial charge in [-0.05, 0) is 49.6 Å². The lowest BCUT2D eigenvalue weighted by Gasteiger charge is -2.22. The van der Waals surface area contributed by atoms with Gasteiger partial charge in [-0.15, -0.1) is 0 Å². The lowest BCUT2D eigenvalue weighted by Crippen LogP contribution is -2.32. The Morgan fingerprint density at radius 1 is 1.00 bits per heavy atom. The van der Waals surface area contributed by atoms with Gasteiger partial charge in [0.1, 0.15) is 5.75 Å². The number of halogens is 1. The summed E-state index contributed by atoms with van der Waals surface area (Å²) in [7, 11) is 0. The predicted octanol–water partition coefficient (Wildman–Crippen LogP) is 5.70. The molecule has 0 aliphatic heterocycles. The van der Waals surface area contributed by atoms with Crippen molar-refractivity contribution in [3.8, 4) is 16.9 Å². The molecule has 0 spiro atoms. The Morgan fingerprint density at radius 2 is 1.79 bits per heavy atom. The Balaban J connectivity index is 1.43. The first kappa shape index (κ1) is 17.3. The van der Waals surface area contributed by atoms with Gasteiger partial charge in [-0.3, -0.25) is 0 Å². The third-order valence-electron chi connectivity index (χ3n) is 4.65. The largest absolute Gasteiger partial charge is 0.493 e. The SMILES string of the molecule is Clc1cc(OCCCNC2CCCCC2)ccc1-c1ccccc1. The standard InChI is InChI=1S/C21H26ClNO/c22-21-16-19(12-13-20(21)17-8-3-1-4-9-17)24-15-7-14-23-18-10-5-2-6-11-18/h1,3-4,8-9,12-13,16,18,23H,2,5-7,10-11,14-15H2. The van der Waals surface area contributed by atoms with Crippen molar-refractivity contribution in [2.45, 2.75) is 44.6 Å². The molecule has 128 valence electrons. The Bertz CT molecular complexity index is 623. The molecule has 0 atom stereocenters. The highest BCUT2D eigenvalue weighted by Gasteiger charge is 2.11. The first-order valence-electron chi connectivity index (χ1n) is 9.04. The average Bonchev–Trinajstić information content (AvgIpc) is 2.63. The van der Waals surface area contributed by atoms with Gasteiger partial charge in [-0.1, -0.05) is 61.2 Å². The second-order valence-corrected chi connectivity index (χ2v) is 6.91. The van der Waals surface area contributed by atoms with Crippen LogP contribution in [0.2, 0.25) is 5.02 Å². The summed E-state index contributed by atoms with van der Waals surface area (Å²) < 4.78 is 5.84. The summed E-state index contributed by atoms with van der Waals surface area (Å²) in [4.78, 5) is 0. The van der Waals surface area contributed by atoms with E-state index in [0.717, 1.165) is 47.5 Å². The first-order chi connectivity index (χ1) is 11.8. The number of rotatable bonds is 7. The van der Waals surface area contributed by atoms with Crippen molar-refractivity contribution in [1.29, 1.82) is 0 Å². The quantitative estimate of drug-likeness (QED) is 0.651. The normalized spacial score (nSPS) is 15.4. The molecule has 1 saturated carbocycles. The molecule has 0 amide bonds. The summed E-state index contributed by atoms with van der Waals surface area (Å²) >= 11 is 6.41. The molecule has 1 aliphatic rings. The van der Waals surface area contributed by atoms with Crippen molar-refractivity contribution in [1.82, 2.24) is 5.32 Å². The third-order valence-corrected chi connectivity index (χ3v) is 4.97. The van der Waals surface area contributed by atoms with Crippen molar-refractivity contribution in [2.75, 3.05) is 13.2 Å². The van der Waals surface area contributed by atoms with Gasteiger partial charge in [0.05, 0.1) is 11.6 Å². The summed E-state index contributed by atoms with van der Waals surface area (Å²) in [6.07, 6.45) is 7.84. The third kappa shape index (κ3) is 4.99. The van der Waals surface area contributed by atoms with Crippen molar-refractivity contribution in [3.63, 3.8) is 0 Å². The highest BCUT2D eigenvalue weighted by molar-refractivity contribution is 6.33. The molecule has 0 aromatic heterocycles. The fraction of sp³-hybridized carbons (Fsp3) is 0.429. The minimum atomic E-state index is 0.721. The van der Waals surface area contributed by atoms with Gasteiger partial charge in [-0.25, -0.2) is 0 Å². The fourth-order valence-electron chi connectivity index (χ4n) is 3.31. The zero-order valence-corrected chi connectivity index (χ0v) is 14.9. The van der Waals surface area contributed by atoms with E-state index in [1.165, 1.54) is 32.1 Å². The molecule has 24 heavy (non-hydrogen) atoms. The van der Waals surface area contributed by atoms with Gasteiger partial charge < -0.3 is 10.1 Å². The number of ether oxygens (including phenoxy) is 1. The van der Waals surface area contributed by atoms with Crippen LogP contribution < -0.4 is 10.1 Å². The molecule has 2 aromatic carbocycles. The van der Waals surface area contributed by atoms with E-state index in [1.54, 1.807) is 0 Å². The van der Waals surface area contributed by atoms with Crippen LogP contribution in [-0.2, 0) is 0 Å². The first-order valence-corrected chi connectivity index (χ1v) is 9.42. The molecule has 2 nitrogen and oxygen atoms in total. The maximum Gasteiger partial charge on any atom is 0.120 e. The van der Waals surface area contributed by atoms with Crippen LogP contribution in [0.4, 0.5) is 0 Å². The van der Waals surface area contributed by atoms with Crippen LogP contribution in [0, 0.1) is 0 Å². The van der Waals surface area contributed by atoms with Gasteiger partial charge in [0.15, 0.2) is 0 Å². The van der Waals surface area contributed by atoms with Crippen LogP contribution in [0.25, 0.3) is 11.1 Å². The van der Waals surface area contributed by atoms with Gasteiger partial charge in [0, 0.05) is 11.6 Å². The monoisotopic (exact) mass is 343 g/mol. The minimum absolute atomic E-state index is 0.721. The Kier molecular flexibility index (Phi) is 6.57. The molecule has 0 heterocycles. The van der Waals surface area contributed by atoms with Gasteiger partial charge in [-0.2, -0.15) is 0 Å². The molecule has 1 N–H and O–H groups in total. The summed E-state index contributed by atoms with van der Waals surface area (Å²) in [5, 5.41) is 4.38. The van der Waals surface area contributed by atoms with Gasteiger partial charge >= 0.3 is 0 Å². The second kappa shape index (κ2) is 9.10. The molecule has 2 aromatic rings. The van der Waals surface area contributed by atoms with E-state index in [2.05, 4.69) is 17.4 Å². The molecule has 3 heteroatoms. The summed E-state index contributed by atoms with van der Waals surface area (Å²) in [6, 6.07) is 16.9. The number of nitrogens with one attached hydrogen (secondary N) is 1. The van der Waals surface area contributed by atoms with Crippen molar-refractivity contribution in [3.05, 3.63) is 53.6 Å². The highest BCUT2D eigenvalue weighted by atomic mass is 35.5. The van der Waals surface area contributed by atoms with Crippen LogP contribution in [0.1, 0.15) is 38.5 Å². The van der Waals surface area contributed by atoms with E-state index in [4.69, 9.17) is 16.3 Å². The Hall–Kier alpha value is -1.51. The molecule has 0 radical (unpaired) electrons. The van der Waals surface area contributed by atoms with E-state index < -0.39 is 0 Å². The van der Waals surface area contributed by atoms with E-state index in [9.17, 15) is 0 Å². The van der Waals surface area contributed by atoms with Gasteiger partial charge in [0.2, 0.25) is 0 Å². The maximum atomic E-state index is 6.41. The predicted molar refractivity (Wildman–Crippen MR) is 102 cm³/mol. The molecule has 3 rings (SSSR count). The Morgan fingerprint density at radius 3 is 2.54 bits per heavy atom. The lowest BCUT2D eigenvalue weighted by atomic mass is 9.95. The van der Waals surface area contributed by atoms with Crippen molar-refractivity contribution < 1.29 is 4.74 Å². The van der Waals surface area contributed by atoms with E-state index in [-0.39, 0.29) is 0 Å². The minimum Gasteiger partial charge on any atom is -0.493 e. The molecule has 0 saturated heterocycles. The van der Waals surface area contributed by atoms with Crippen LogP contribution in [0.5, 0.6) is 5.75 Å². The summed E-state index contributed by atoms with van der Waals surface area (Å²) in [5.41, 5.74) is 2.18. The second-order valence-electron chi connectivity index (χ2n) is 6.50. The molecule has 1 aliphatic carbocycles. The zero-order chi connectivity index (χ0) is 16.6. The van der Waals surface area contributed by atoms with Gasteiger partial charge in [0.25, 0.3) is 0 Å². The maximum absolute atomic E-state index is 6.41. The topological polar surface area (TPSA) is 21.3 Å². The molecule has 0 bridgehead atoms. The fourth-order valence-corrected chi connectivity index (χ4v) is 3.59. The Labute approximate surface area is 150 Å². The van der Waals surface area contributed by atoms with E-state index in [1.807, 2.05) is 36.4 Å². The molecular weight excluding hydrogens is 318 g/mol. The molecular formula is C21H26ClNO. The summed E-state index contributed by atoms with van der Waals surface area (Å²) in [5.74, 6) is 0.845. The number of benzene rings is 2. The van der Waals surface area contributed by atoms with Crippen LogP contribution in [-0.4, -0.2) is 19.2 Å². The number of hydrogen-bond donors (Lipinski definition) is 1. The highest BCUT2D eigenvalue weighted by Crippen LogP contribution is 2.31. The van der Waals surface area contributed by atoms with E-state index in [0.29, 0.717) is 0 Å². The van der Waals surface area contributed by atoms with Crippen LogP contribution >= 0.6 is 11.6 Å². The molecule has 1 fully saturated rings. The van der Waals surface area contributed by atoms with Crippen molar-refractivity contribution in [2.24, 2.45) is 0 Å². The zero-order valence-electron chi connectivity index (χ0n) is 14.1. The lowest BCUT2D eigenvalue weighted by molar-refractivity contribution is 0.297. The van der Waals surface area contributed by atoms with Crippen LogP contribution in [0.3, 0.4) is 0 Å². The van der Waals surface area contributed by atoms with Crippen LogP contribution in [0.15, 0.2) is 48.5 Å². The molecule has 0 unspecified atom stereocenters. The smallest absolute Gasteiger partial charge is 0.120 e. The average molecular weight is 344 g/mol. The number of hydrogen-bond acceptors (Lipinski definition) is 2.